The number of amides is 2. The predicted octanol–water partition coefficient (Wildman–Crippen LogP) is 4.74. The number of halogens is 1. The van der Waals surface area contributed by atoms with Crippen molar-refractivity contribution in [3.05, 3.63) is 34.9 Å². The van der Waals surface area contributed by atoms with E-state index in [1.165, 1.54) is 38.5 Å². The average Bonchev–Trinajstić information content (AvgIpc) is 2.53. The Morgan fingerprint density at radius 3 is 2.33 bits per heavy atom. The van der Waals surface area contributed by atoms with E-state index in [2.05, 4.69) is 17.6 Å². The minimum Gasteiger partial charge on any atom is -0.335 e. The number of benzene rings is 1. The lowest BCUT2D eigenvalue weighted by molar-refractivity contribution is -0.0682. The third kappa shape index (κ3) is 3.03. The molecule has 0 heterocycles. The van der Waals surface area contributed by atoms with Crippen LogP contribution in [0.15, 0.2) is 24.3 Å². The molecule has 4 bridgehead atoms. The van der Waals surface area contributed by atoms with E-state index in [0.717, 1.165) is 23.3 Å². The van der Waals surface area contributed by atoms with Crippen molar-refractivity contribution in [3.8, 4) is 0 Å². The van der Waals surface area contributed by atoms with Crippen LogP contribution in [0.3, 0.4) is 0 Å². The molecule has 3 nitrogen and oxygen atoms in total. The lowest BCUT2D eigenvalue weighted by atomic mass is 9.48. The van der Waals surface area contributed by atoms with Crippen molar-refractivity contribution in [2.75, 3.05) is 0 Å². The molecule has 4 heteroatoms. The molecule has 4 aliphatic carbocycles. The molecule has 0 spiro atoms. The second-order valence-electron chi connectivity index (χ2n) is 8.42. The smallest absolute Gasteiger partial charge is 0.315 e. The number of rotatable bonds is 4. The molecule has 1 atom stereocenters. The van der Waals surface area contributed by atoms with Gasteiger partial charge in [0.25, 0.3) is 0 Å². The van der Waals surface area contributed by atoms with E-state index in [4.69, 9.17) is 11.6 Å². The van der Waals surface area contributed by atoms with Crippen LogP contribution in [0.5, 0.6) is 0 Å². The molecule has 4 fully saturated rings. The summed E-state index contributed by atoms with van der Waals surface area (Å²) in [5.74, 6) is 2.73. The fraction of sp³-hybridized carbons (Fsp3) is 0.650. The molecule has 130 valence electrons. The summed E-state index contributed by atoms with van der Waals surface area (Å²) in [5, 5.41) is 6.90. The Balaban J connectivity index is 1.35. The summed E-state index contributed by atoms with van der Waals surface area (Å²) in [7, 11) is 0. The molecule has 0 saturated heterocycles. The molecule has 5 rings (SSSR count). The highest BCUT2D eigenvalue weighted by Crippen LogP contribution is 2.61. The Labute approximate surface area is 149 Å². The van der Waals surface area contributed by atoms with Crippen LogP contribution in [0.4, 0.5) is 4.79 Å². The Kier molecular flexibility index (Phi) is 4.24. The number of carbonyl (C=O) groups excluding carboxylic acids is 1. The maximum atomic E-state index is 12.4. The quantitative estimate of drug-likeness (QED) is 0.812. The van der Waals surface area contributed by atoms with E-state index in [1.807, 2.05) is 24.3 Å². The van der Waals surface area contributed by atoms with Crippen molar-refractivity contribution in [2.24, 2.45) is 23.2 Å². The minimum absolute atomic E-state index is 0.0711. The monoisotopic (exact) mass is 346 g/mol. The molecule has 0 aliphatic heterocycles. The second-order valence-corrected chi connectivity index (χ2v) is 8.83. The van der Waals surface area contributed by atoms with Crippen LogP contribution in [0.2, 0.25) is 5.02 Å². The maximum absolute atomic E-state index is 12.4. The lowest BCUT2D eigenvalue weighted by Crippen LogP contribution is -2.57. The van der Waals surface area contributed by atoms with Gasteiger partial charge in [-0.3, -0.25) is 0 Å². The summed E-state index contributed by atoms with van der Waals surface area (Å²) in [6, 6.07) is 7.83. The first-order chi connectivity index (χ1) is 11.5. The van der Waals surface area contributed by atoms with Gasteiger partial charge in [-0.15, -0.1) is 0 Å². The molecule has 2 N–H and O–H groups in total. The van der Waals surface area contributed by atoms with E-state index in [1.54, 1.807) is 0 Å². The average molecular weight is 347 g/mol. The molecule has 4 saturated carbocycles. The zero-order valence-electron chi connectivity index (χ0n) is 14.4. The predicted molar refractivity (Wildman–Crippen MR) is 96.9 cm³/mol. The van der Waals surface area contributed by atoms with E-state index in [-0.39, 0.29) is 12.1 Å². The van der Waals surface area contributed by atoms with Crippen LogP contribution in [0.25, 0.3) is 0 Å². The van der Waals surface area contributed by atoms with Crippen molar-refractivity contribution in [3.63, 3.8) is 0 Å². The molecular weight excluding hydrogens is 320 g/mol. The van der Waals surface area contributed by atoms with Gasteiger partial charge < -0.3 is 10.6 Å². The fourth-order valence-electron chi connectivity index (χ4n) is 5.93. The van der Waals surface area contributed by atoms with E-state index in [0.29, 0.717) is 17.0 Å². The number of urea groups is 1. The summed E-state index contributed by atoms with van der Waals surface area (Å²) in [4.78, 5) is 12.4. The van der Waals surface area contributed by atoms with Crippen LogP contribution in [-0.4, -0.2) is 12.1 Å². The summed E-state index contributed by atoms with van der Waals surface area (Å²) in [6.07, 6.45) is 8.24. The molecular formula is C20H27ClN2O. The first kappa shape index (κ1) is 16.3. The van der Waals surface area contributed by atoms with Gasteiger partial charge in [0.15, 0.2) is 0 Å². The van der Waals surface area contributed by atoms with Crippen molar-refractivity contribution >= 4 is 17.6 Å². The van der Waals surface area contributed by atoms with E-state index in [9.17, 15) is 4.79 Å². The highest BCUT2D eigenvalue weighted by atomic mass is 35.5. The number of hydrogen-bond donors (Lipinski definition) is 2. The van der Waals surface area contributed by atoms with Crippen LogP contribution in [-0.2, 0) is 6.54 Å². The van der Waals surface area contributed by atoms with Crippen LogP contribution < -0.4 is 10.6 Å². The van der Waals surface area contributed by atoms with Gasteiger partial charge in [-0.25, -0.2) is 4.79 Å². The zero-order valence-corrected chi connectivity index (χ0v) is 15.1. The Bertz CT molecular complexity index is 595. The Morgan fingerprint density at radius 1 is 1.17 bits per heavy atom. The number of nitrogens with one attached hydrogen (secondary N) is 2. The van der Waals surface area contributed by atoms with Crippen molar-refractivity contribution in [1.82, 2.24) is 10.6 Å². The molecule has 2 amide bonds. The number of hydrogen-bond acceptors (Lipinski definition) is 1. The van der Waals surface area contributed by atoms with Crippen LogP contribution in [0.1, 0.15) is 51.0 Å². The topological polar surface area (TPSA) is 41.1 Å². The molecule has 1 aromatic rings. The Hall–Kier alpha value is -1.22. The third-order valence-corrected chi connectivity index (χ3v) is 7.12. The zero-order chi connectivity index (χ0) is 16.7. The van der Waals surface area contributed by atoms with Gasteiger partial charge in [-0.1, -0.05) is 29.8 Å². The summed E-state index contributed by atoms with van der Waals surface area (Å²) in [6.45, 7) is 2.68. The second kappa shape index (κ2) is 6.25. The highest BCUT2D eigenvalue weighted by molar-refractivity contribution is 6.31. The molecule has 24 heavy (non-hydrogen) atoms. The fourth-order valence-corrected chi connectivity index (χ4v) is 6.13. The summed E-state index contributed by atoms with van der Waals surface area (Å²) < 4.78 is 0. The van der Waals surface area contributed by atoms with Crippen molar-refractivity contribution in [2.45, 2.75) is 58.0 Å². The summed E-state index contributed by atoms with van der Waals surface area (Å²) >= 11 is 6.15. The lowest BCUT2D eigenvalue weighted by Gasteiger charge is -2.59. The SMILES string of the molecule is CC(NC(=O)NCc1ccccc1Cl)C12CC3CC(CC(C3)C1)C2. The number of carbonyl (C=O) groups is 1. The van der Waals surface area contributed by atoms with Gasteiger partial charge in [0.1, 0.15) is 0 Å². The highest BCUT2D eigenvalue weighted by Gasteiger charge is 2.53. The van der Waals surface area contributed by atoms with Gasteiger partial charge in [-0.2, -0.15) is 0 Å². The van der Waals surface area contributed by atoms with Crippen LogP contribution >= 0.6 is 11.6 Å². The minimum atomic E-state index is -0.0711. The molecule has 1 aromatic carbocycles. The first-order valence-corrected chi connectivity index (χ1v) is 9.70. The van der Waals surface area contributed by atoms with Crippen molar-refractivity contribution < 1.29 is 4.79 Å². The summed E-state index contributed by atoms with van der Waals surface area (Å²) in [5.41, 5.74) is 1.30. The Morgan fingerprint density at radius 2 is 1.75 bits per heavy atom. The van der Waals surface area contributed by atoms with Crippen molar-refractivity contribution in [1.29, 1.82) is 0 Å². The van der Waals surface area contributed by atoms with E-state index >= 15 is 0 Å². The molecule has 0 radical (unpaired) electrons. The van der Waals surface area contributed by atoms with Gasteiger partial charge in [0, 0.05) is 17.6 Å². The van der Waals surface area contributed by atoms with Gasteiger partial charge >= 0.3 is 6.03 Å². The van der Waals surface area contributed by atoms with Gasteiger partial charge in [-0.05, 0) is 80.2 Å². The van der Waals surface area contributed by atoms with E-state index < -0.39 is 0 Å². The third-order valence-electron chi connectivity index (χ3n) is 6.75. The first-order valence-electron chi connectivity index (χ1n) is 9.32. The van der Waals surface area contributed by atoms with Crippen LogP contribution in [0, 0.1) is 23.2 Å². The standard InChI is InChI=1S/C20H27ClN2O/c1-13(20-9-14-6-15(10-20)8-16(7-14)11-20)23-19(24)22-12-17-4-2-3-5-18(17)21/h2-5,13-16H,6-12H2,1H3,(H2,22,23,24). The normalized spacial score (nSPS) is 34.8. The molecule has 1 unspecified atom stereocenters. The molecule has 0 aromatic heterocycles. The van der Waals surface area contributed by atoms with Gasteiger partial charge in [0.2, 0.25) is 0 Å². The maximum Gasteiger partial charge on any atom is 0.315 e. The molecule has 4 aliphatic rings. The largest absolute Gasteiger partial charge is 0.335 e. The van der Waals surface area contributed by atoms with Gasteiger partial charge in [0.05, 0.1) is 0 Å².